The van der Waals surface area contributed by atoms with Gasteiger partial charge in [0.2, 0.25) is 0 Å². The molecule has 0 aliphatic heterocycles. The molecule has 1 aromatic rings. The number of nitrogens with one attached hydrogen (secondary N) is 1. The van der Waals surface area contributed by atoms with Crippen molar-refractivity contribution in [2.45, 2.75) is 43.8 Å². The van der Waals surface area contributed by atoms with Gasteiger partial charge in [0, 0.05) is 12.8 Å². The molecule has 17 heavy (non-hydrogen) atoms. The zero-order valence-electron chi connectivity index (χ0n) is 10.8. The van der Waals surface area contributed by atoms with Gasteiger partial charge < -0.3 is 9.88 Å². The fourth-order valence-corrected chi connectivity index (χ4v) is 3.44. The molecule has 1 heterocycles. The fraction of sp³-hybridized carbons (Fsp3) is 0.833. The Balaban J connectivity index is 1.85. The second kappa shape index (κ2) is 6.40. The van der Waals surface area contributed by atoms with Crippen LogP contribution in [0, 0.1) is 5.92 Å². The summed E-state index contributed by atoms with van der Waals surface area (Å²) in [7, 11) is 3.99. The SMILES string of the molecule is CNCc1nnc(SCC2CCCCC2)n1C. The molecule has 5 heteroatoms. The second-order valence-electron chi connectivity index (χ2n) is 4.80. The standard InChI is InChI=1S/C12H22N4S/c1-13-8-11-14-15-12(16(11)2)17-9-10-6-4-3-5-7-10/h10,13H,3-9H2,1-2H3. The maximum absolute atomic E-state index is 4.25. The first-order valence-electron chi connectivity index (χ1n) is 6.47. The van der Waals surface area contributed by atoms with Crippen molar-refractivity contribution >= 4 is 11.8 Å². The summed E-state index contributed by atoms with van der Waals surface area (Å²) in [6.07, 6.45) is 7.05. The Bertz CT molecular complexity index is 344. The number of rotatable bonds is 5. The molecule has 1 aliphatic carbocycles. The number of aromatic nitrogens is 3. The number of hydrogen-bond donors (Lipinski definition) is 1. The number of hydrogen-bond acceptors (Lipinski definition) is 4. The normalized spacial score (nSPS) is 17.5. The maximum Gasteiger partial charge on any atom is 0.190 e. The highest BCUT2D eigenvalue weighted by atomic mass is 32.2. The van der Waals surface area contributed by atoms with E-state index in [9.17, 15) is 0 Å². The lowest BCUT2D eigenvalue weighted by molar-refractivity contribution is 0.390. The van der Waals surface area contributed by atoms with Gasteiger partial charge in [-0.25, -0.2) is 0 Å². The predicted molar refractivity (Wildman–Crippen MR) is 71.1 cm³/mol. The van der Waals surface area contributed by atoms with E-state index < -0.39 is 0 Å². The third-order valence-electron chi connectivity index (χ3n) is 3.43. The lowest BCUT2D eigenvalue weighted by atomic mass is 9.91. The zero-order chi connectivity index (χ0) is 12.1. The summed E-state index contributed by atoms with van der Waals surface area (Å²) >= 11 is 1.86. The van der Waals surface area contributed by atoms with Crippen LogP contribution >= 0.6 is 11.8 Å². The van der Waals surface area contributed by atoms with Crippen LogP contribution in [-0.2, 0) is 13.6 Å². The van der Waals surface area contributed by atoms with Crippen LogP contribution in [-0.4, -0.2) is 27.6 Å². The number of thioether (sulfide) groups is 1. The molecule has 0 amide bonds. The molecule has 96 valence electrons. The maximum atomic E-state index is 4.25. The lowest BCUT2D eigenvalue weighted by Gasteiger charge is -2.20. The molecule has 0 unspecified atom stereocenters. The molecule has 2 rings (SSSR count). The van der Waals surface area contributed by atoms with E-state index in [1.807, 2.05) is 18.8 Å². The third kappa shape index (κ3) is 3.45. The quantitative estimate of drug-likeness (QED) is 0.818. The van der Waals surface area contributed by atoms with Gasteiger partial charge in [-0.1, -0.05) is 31.0 Å². The molecule has 0 aromatic carbocycles. The summed E-state index contributed by atoms with van der Waals surface area (Å²) in [5.74, 6) is 3.10. The van der Waals surface area contributed by atoms with E-state index in [2.05, 4.69) is 27.1 Å². The summed E-state index contributed by atoms with van der Waals surface area (Å²) < 4.78 is 2.10. The molecule has 0 saturated heterocycles. The minimum atomic E-state index is 0.785. The highest BCUT2D eigenvalue weighted by Crippen LogP contribution is 2.29. The van der Waals surface area contributed by atoms with Crippen LogP contribution in [0.5, 0.6) is 0 Å². The molecular weight excluding hydrogens is 232 g/mol. The van der Waals surface area contributed by atoms with Crippen LogP contribution in [0.1, 0.15) is 37.9 Å². The van der Waals surface area contributed by atoms with Crippen molar-refractivity contribution in [1.29, 1.82) is 0 Å². The highest BCUT2D eigenvalue weighted by molar-refractivity contribution is 7.99. The van der Waals surface area contributed by atoms with Crippen LogP contribution in [0.2, 0.25) is 0 Å². The van der Waals surface area contributed by atoms with Gasteiger partial charge in [0.25, 0.3) is 0 Å². The summed E-state index contributed by atoms with van der Waals surface area (Å²) in [6, 6.07) is 0. The van der Waals surface area contributed by atoms with Crippen molar-refractivity contribution in [3.63, 3.8) is 0 Å². The van der Waals surface area contributed by atoms with E-state index in [0.29, 0.717) is 0 Å². The molecule has 4 nitrogen and oxygen atoms in total. The van der Waals surface area contributed by atoms with E-state index in [1.165, 1.54) is 37.9 Å². The van der Waals surface area contributed by atoms with Crippen molar-refractivity contribution in [2.24, 2.45) is 13.0 Å². The fourth-order valence-electron chi connectivity index (χ4n) is 2.33. The summed E-state index contributed by atoms with van der Waals surface area (Å²) in [6.45, 7) is 0.785. The molecule has 1 aromatic heterocycles. The Morgan fingerprint density at radius 1 is 1.29 bits per heavy atom. The van der Waals surface area contributed by atoms with Gasteiger partial charge in [-0.05, 0) is 25.8 Å². The van der Waals surface area contributed by atoms with E-state index in [1.54, 1.807) is 0 Å². The third-order valence-corrected chi connectivity index (χ3v) is 4.68. The minimum Gasteiger partial charge on any atom is -0.313 e. The second-order valence-corrected chi connectivity index (χ2v) is 5.79. The Morgan fingerprint density at radius 3 is 2.76 bits per heavy atom. The molecular formula is C12H22N4S. The highest BCUT2D eigenvalue weighted by Gasteiger charge is 2.15. The molecule has 0 bridgehead atoms. The van der Waals surface area contributed by atoms with E-state index in [4.69, 9.17) is 0 Å². The zero-order valence-corrected chi connectivity index (χ0v) is 11.6. The van der Waals surface area contributed by atoms with Gasteiger partial charge in [0.05, 0.1) is 6.54 Å². The van der Waals surface area contributed by atoms with Gasteiger partial charge >= 0.3 is 0 Å². The van der Waals surface area contributed by atoms with Crippen LogP contribution in [0.25, 0.3) is 0 Å². The van der Waals surface area contributed by atoms with Gasteiger partial charge in [-0.15, -0.1) is 10.2 Å². The first-order chi connectivity index (χ1) is 8.31. The number of nitrogens with zero attached hydrogens (tertiary/aromatic N) is 3. The molecule has 0 radical (unpaired) electrons. The Morgan fingerprint density at radius 2 is 2.06 bits per heavy atom. The van der Waals surface area contributed by atoms with Crippen LogP contribution < -0.4 is 5.32 Å². The minimum absolute atomic E-state index is 0.785. The van der Waals surface area contributed by atoms with Gasteiger partial charge in [-0.3, -0.25) is 0 Å². The summed E-state index contributed by atoms with van der Waals surface area (Å²) in [5, 5.41) is 12.6. The van der Waals surface area contributed by atoms with Gasteiger partial charge in [0.1, 0.15) is 5.82 Å². The average Bonchev–Trinajstić information content (AvgIpc) is 2.70. The van der Waals surface area contributed by atoms with Crippen LogP contribution in [0.15, 0.2) is 5.16 Å². The van der Waals surface area contributed by atoms with Crippen molar-refractivity contribution in [2.75, 3.05) is 12.8 Å². The van der Waals surface area contributed by atoms with Crippen molar-refractivity contribution in [1.82, 2.24) is 20.1 Å². The monoisotopic (exact) mass is 254 g/mol. The van der Waals surface area contributed by atoms with Crippen molar-refractivity contribution in [3.8, 4) is 0 Å². The molecule has 0 spiro atoms. The Labute approximate surface area is 108 Å². The topological polar surface area (TPSA) is 42.7 Å². The smallest absolute Gasteiger partial charge is 0.190 e. The van der Waals surface area contributed by atoms with Gasteiger partial charge in [0.15, 0.2) is 5.16 Å². The molecule has 0 atom stereocenters. The largest absolute Gasteiger partial charge is 0.313 e. The first-order valence-corrected chi connectivity index (χ1v) is 7.45. The van der Waals surface area contributed by atoms with Crippen molar-refractivity contribution < 1.29 is 0 Å². The Kier molecular flexibility index (Phi) is 4.86. The molecule has 1 aliphatic rings. The van der Waals surface area contributed by atoms with E-state index in [-0.39, 0.29) is 0 Å². The Hall–Kier alpha value is -0.550. The summed E-state index contributed by atoms with van der Waals surface area (Å²) in [5.41, 5.74) is 0. The van der Waals surface area contributed by atoms with Crippen LogP contribution in [0.3, 0.4) is 0 Å². The molecule has 1 fully saturated rings. The molecule has 1 saturated carbocycles. The van der Waals surface area contributed by atoms with E-state index >= 15 is 0 Å². The molecule has 1 N–H and O–H groups in total. The first kappa shape index (κ1) is 12.9. The van der Waals surface area contributed by atoms with Crippen molar-refractivity contribution in [3.05, 3.63) is 5.82 Å². The lowest BCUT2D eigenvalue weighted by Crippen LogP contribution is -2.11. The van der Waals surface area contributed by atoms with E-state index in [0.717, 1.165) is 23.4 Å². The average molecular weight is 254 g/mol. The van der Waals surface area contributed by atoms with Gasteiger partial charge in [-0.2, -0.15) is 0 Å². The predicted octanol–water partition coefficient (Wildman–Crippen LogP) is 2.21. The van der Waals surface area contributed by atoms with Crippen LogP contribution in [0.4, 0.5) is 0 Å². The summed E-state index contributed by atoms with van der Waals surface area (Å²) in [4.78, 5) is 0.